The molecule has 1 N–H and O–H groups in total. The van der Waals surface area contributed by atoms with Crippen LogP contribution < -0.4 is 5.32 Å². The maximum atomic E-state index is 13.7. The number of benzene rings is 2. The number of carbonyl (C=O) groups is 2. The quantitative estimate of drug-likeness (QED) is 0.706. The highest BCUT2D eigenvalue weighted by Crippen LogP contribution is 2.26. The van der Waals surface area contributed by atoms with Crippen LogP contribution in [0.1, 0.15) is 49.0 Å². The van der Waals surface area contributed by atoms with Crippen LogP contribution in [0.15, 0.2) is 42.5 Å². The Labute approximate surface area is 157 Å². The molecule has 0 aliphatic rings. The number of halogens is 2. The Morgan fingerprint density at radius 2 is 1.88 bits per heavy atom. The number of anilines is 1. The molecule has 6 heteroatoms. The lowest BCUT2D eigenvalue weighted by Crippen LogP contribution is -2.30. The van der Waals surface area contributed by atoms with Crippen LogP contribution in [0.3, 0.4) is 0 Å². The SMILES string of the molecule is CCC(C)c1ccccc1NC(=O)C(C)OC(=O)c1cc(Cl)ccc1F. The highest BCUT2D eigenvalue weighted by molar-refractivity contribution is 6.30. The van der Waals surface area contributed by atoms with E-state index in [2.05, 4.69) is 19.2 Å². The number of hydrogen-bond acceptors (Lipinski definition) is 3. The fraction of sp³-hybridized carbons (Fsp3) is 0.300. The molecule has 0 aromatic heterocycles. The van der Waals surface area contributed by atoms with Gasteiger partial charge >= 0.3 is 5.97 Å². The molecule has 0 saturated carbocycles. The summed E-state index contributed by atoms with van der Waals surface area (Å²) in [5, 5.41) is 2.98. The first kappa shape index (κ1) is 19.9. The summed E-state index contributed by atoms with van der Waals surface area (Å²) in [6.07, 6.45) is -0.170. The molecule has 0 saturated heterocycles. The number of rotatable bonds is 6. The average molecular weight is 378 g/mol. The van der Waals surface area contributed by atoms with E-state index in [1.54, 1.807) is 6.07 Å². The zero-order valence-corrected chi connectivity index (χ0v) is 15.6. The Morgan fingerprint density at radius 3 is 2.58 bits per heavy atom. The van der Waals surface area contributed by atoms with Crippen LogP contribution in [0.25, 0.3) is 0 Å². The largest absolute Gasteiger partial charge is 0.449 e. The molecule has 2 aromatic carbocycles. The van der Waals surface area contributed by atoms with Gasteiger partial charge in [0.1, 0.15) is 5.82 Å². The second-order valence-corrected chi connectivity index (χ2v) is 6.49. The summed E-state index contributed by atoms with van der Waals surface area (Å²) in [5.41, 5.74) is 1.36. The average Bonchev–Trinajstić information content (AvgIpc) is 2.63. The molecular formula is C20H21ClFNO3. The van der Waals surface area contributed by atoms with Crippen molar-refractivity contribution in [2.75, 3.05) is 5.32 Å². The standard InChI is InChI=1S/C20H21ClFNO3/c1-4-12(2)15-7-5-6-8-18(15)23-19(24)13(3)26-20(25)16-11-14(21)9-10-17(16)22/h5-13H,4H2,1-3H3,(H,23,24). The van der Waals surface area contributed by atoms with Gasteiger partial charge < -0.3 is 10.1 Å². The van der Waals surface area contributed by atoms with Crippen LogP contribution in [-0.4, -0.2) is 18.0 Å². The third-order valence-corrected chi connectivity index (χ3v) is 4.40. The normalized spacial score (nSPS) is 13.0. The minimum absolute atomic E-state index is 0.206. The zero-order valence-electron chi connectivity index (χ0n) is 14.9. The van der Waals surface area contributed by atoms with Crippen LogP contribution in [0.2, 0.25) is 5.02 Å². The first-order chi connectivity index (χ1) is 12.3. The van der Waals surface area contributed by atoms with Crippen molar-refractivity contribution in [1.29, 1.82) is 0 Å². The Kier molecular flexibility index (Phi) is 6.75. The fourth-order valence-corrected chi connectivity index (χ4v) is 2.60. The maximum absolute atomic E-state index is 13.7. The first-order valence-electron chi connectivity index (χ1n) is 8.39. The van der Waals surface area contributed by atoms with Crippen LogP contribution in [-0.2, 0) is 9.53 Å². The van der Waals surface area contributed by atoms with Gasteiger partial charge in [0, 0.05) is 10.7 Å². The lowest BCUT2D eigenvalue weighted by molar-refractivity contribution is -0.123. The summed E-state index contributed by atoms with van der Waals surface area (Å²) in [6, 6.07) is 11.0. The molecular weight excluding hydrogens is 357 g/mol. The van der Waals surface area contributed by atoms with Gasteiger partial charge in [-0.1, -0.05) is 43.6 Å². The van der Waals surface area contributed by atoms with E-state index in [0.717, 1.165) is 18.1 Å². The fourth-order valence-electron chi connectivity index (χ4n) is 2.43. The van der Waals surface area contributed by atoms with E-state index in [1.165, 1.54) is 19.1 Å². The van der Waals surface area contributed by atoms with E-state index in [4.69, 9.17) is 16.3 Å². The highest BCUT2D eigenvalue weighted by atomic mass is 35.5. The van der Waals surface area contributed by atoms with Crippen molar-refractivity contribution in [3.8, 4) is 0 Å². The van der Waals surface area contributed by atoms with Gasteiger partial charge in [0.2, 0.25) is 0 Å². The summed E-state index contributed by atoms with van der Waals surface area (Å²) in [6.45, 7) is 5.56. The predicted molar refractivity (Wildman–Crippen MR) is 100 cm³/mol. The zero-order chi connectivity index (χ0) is 19.3. The van der Waals surface area contributed by atoms with Crippen molar-refractivity contribution in [3.05, 3.63) is 64.4 Å². The van der Waals surface area contributed by atoms with E-state index >= 15 is 0 Å². The smallest absolute Gasteiger partial charge is 0.341 e. The molecule has 2 rings (SSSR count). The monoisotopic (exact) mass is 377 g/mol. The highest BCUT2D eigenvalue weighted by Gasteiger charge is 2.22. The molecule has 0 spiro atoms. The molecule has 4 nitrogen and oxygen atoms in total. The second-order valence-electron chi connectivity index (χ2n) is 6.06. The molecule has 138 valence electrons. The Balaban J connectivity index is 2.09. The third-order valence-electron chi connectivity index (χ3n) is 4.16. The van der Waals surface area contributed by atoms with Crippen molar-refractivity contribution in [2.24, 2.45) is 0 Å². The summed E-state index contributed by atoms with van der Waals surface area (Å²) in [7, 11) is 0. The van der Waals surface area contributed by atoms with Crippen LogP contribution in [0, 0.1) is 5.82 Å². The Bertz CT molecular complexity index is 809. The van der Waals surface area contributed by atoms with Crippen LogP contribution in [0.4, 0.5) is 10.1 Å². The molecule has 0 aliphatic carbocycles. The van der Waals surface area contributed by atoms with Gasteiger partial charge in [0.05, 0.1) is 5.56 Å². The van der Waals surface area contributed by atoms with Crippen molar-refractivity contribution < 1.29 is 18.7 Å². The molecule has 0 aliphatic heterocycles. The number of para-hydroxylation sites is 1. The van der Waals surface area contributed by atoms with Crippen molar-refractivity contribution in [3.63, 3.8) is 0 Å². The molecule has 2 atom stereocenters. The van der Waals surface area contributed by atoms with E-state index in [9.17, 15) is 14.0 Å². The predicted octanol–water partition coefficient (Wildman–Crippen LogP) is 5.18. The van der Waals surface area contributed by atoms with E-state index in [-0.39, 0.29) is 16.5 Å². The minimum atomic E-state index is -1.09. The molecule has 0 heterocycles. The van der Waals surface area contributed by atoms with Crippen LogP contribution >= 0.6 is 11.6 Å². The van der Waals surface area contributed by atoms with Gasteiger partial charge in [-0.15, -0.1) is 0 Å². The lowest BCUT2D eigenvalue weighted by Gasteiger charge is -2.18. The van der Waals surface area contributed by atoms with Crippen molar-refractivity contribution in [1.82, 2.24) is 0 Å². The third kappa shape index (κ3) is 4.82. The summed E-state index contributed by atoms with van der Waals surface area (Å²) in [4.78, 5) is 24.5. The van der Waals surface area contributed by atoms with Gasteiger partial charge in [-0.05, 0) is 49.1 Å². The van der Waals surface area contributed by atoms with E-state index < -0.39 is 23.8 Å². The van der Waals surface area contributed by atoms with Gasteiger partial charge in [0.25, 0.3) is 5.91 Å². The van der Waals surface area contributed by atoms with E-state index in [1.807, 2.05) is 18.2 Å². The van der Waals surface area contributed by atoms with Gasteiger partial charge in [-0.25, -0.2) is 9.18 Å². The molecule has 2 aromatic rings. The number of amides is 1. The number of hydrogen-bond donors (Lipinski definition) is 1. The summed E-state index contributed by atoms with van der Waals surface area (Å²) in [5.74, 6) is -1.92. The number of esters is 1. The molecule has 1 amide bonds. The number of ether oxygens (including phenoxy) is 1. The Hall–Kier alpha value is -2.40. The molecule has 0 radical (unpaired) electrons. The number of carbonyl (C=O) groups excluding carboxylic acids is 2. The van der Waals surface area contributed by atoms with Crippen molar-refractivity contribution in [2.45, 2.75) is 39.2 Å². The van der Waals surface area contributed by atoms with Gasteiger partial charge in [0.15, 0.2) is 6.10 Å². The summed E-state index contributed by atoms with van der Waals surface area (Å²) >= 11 is 5.77. The Morgan fingerprint density at radius 1 is 1.19 bits per heavy atom. The topological polar surface area (TPSA) is 55.4 Å². The van der Waals surface area contributed by atoms with E-state index in [0.29, 0.717) is 5.69 Å². The number of nitrogens with one attached hydrogen (secondary N) is 1. The summed E-state index contributed by atoms with van der Waals surface area (Å²) < 4.78 is 18.8. The maximum Gasteiger partial charge on any atom is 0.341 e. The van der Waals surface area contributed by atoms with Crippen LogP contribution in [0.5, 0.6) is 0 Å². The molecule has 2 unspecified atom stereocenters. The van der Waals surface area contributed by atoms with Gasteiger partial charge in [-0.2, -0.15) is 0 Å². The molecule has 26 heavy (non-hydrogen) atoms. The van der Waals surface area contributed by atoms with Gasteiger partial charge in [-0.3, -0.25) is 4.79 Å². The lowest BCUT2D eigenvalue weighted by atomic mass is 9.97. The molecule has 0 fully saturated rings. The first-order valence-corrected chi connectivity index (χ1v) is 8.77. The molecule has 0 bridgehead atoms. The minimum Gasteiger partial charge on any atom is -0.449 e. The second kappa shape index (κ2) is 8.81. The van der Waals surface area contributed by atoms with Crippen molar-refractivity contribution >= 4 is 29.2 Å².